The fraction of sp³-hybridized carbons (Fsp3) is 0.600. The second-order valence-electron chi connectivity index (χ2n) is 9.90. The topological polar surface area (TPSA) is 118 Å². The zero-order valence-corrected chi connectivity index (χ0v) is 20.0. The van der Waals surface area contributed by atoms with Crippen LogP contribution in [0.3, 0.4) is 0 Å². The summed E-state index contributed by atoms with van der Waals surface area (Å²) in [6, 6.07) is 1.75. The lowest BCUT2D eigenvalue weighted by atomic mass is 9.44. The van der Waals surface area contributed by atoms with E-state index in [4.69, 9.17) is 23.4 Å². The van der Waals surface area contributed by atoms with Gasteiger partial charge in [-0.05, 0) is 36.8 Å². The average molecular weight is 475 g/mol. The van der Waals surface area contributed by atoms with E-state index in [2.05, 4.69) is 0 Å². The number of hydrogen-bond donors (Lipinski definition) is 0. The summed E-state index contributed by atoms with van der Waals surface area (Å²) >= 11 is 0. The van der Waals surface area contributed by atoms with Crippen molar-refractivity contribution in [3.8, 4) is 0 Å². The van der Waals surface area contributed by atoms with Gasteiger partial charge in [-0.1, -0.05) is 13.8 Å². The maximum Gasteiger partial charge on any atom is 0.334 e. The van der Waals surface area contributed by atoms with Gasteiger partial charge in [-0.25, -0.2) is 4.79 Å². The van der Waals surface area contributed by atoms with Gasteiger partial charge >= 0.3 is 23.9 Å². The third kappa shape index (κ3) is 3.80. The van der Waals surface area contributed by atoms with Crippen LogP contribution in [0.2, 0.25) is 0 Å². The molecule has 1 saturated carbocycles. The number of carbonyl (C=O) groups is 4. The van der Waals surface area contributed by atoms with Crippen molar-refractivity contribution in [3.05, 3.63) is 35.8 Å². The molecule has 1 saturated heterocycles. The Balaban J connectivity index is 1.88. The van der Waals surface area contributed by atoms with Crippen LogP contribution in [-0.4, -0.2) is 43.2 Å². The summed E-state index contributed by atoms with van der Waals surface area (Å²) in [4.78, 5) is 50.3. The predicted molar refractivity (Wildman–Crippen MR) is 116 cm³/mol. The summed E-state index contributed by atoms with van der Waals surface area (Å²) < 4.78 is 27.4. The third-order valence-corrected chi connectivity index (χ3v) is 7.84. The van der Waals surface area contributed by atoms with E-state index in [0.717, 1.165) is 5.56 Å². The van der Waals surface area contributed by atoms with Crippen LogP contribution in [0.15, 0.2) is 34.7 Å². The highest BCUT2D eigenvalue weighted by molar-refractivity contribution is 5.91. The minimum Gasteiger partial charge on any atom is -0.472 e. The van der Waals surface area contributed by atoms with Gasteiger partial charge in [0.2, 0.25) is 0 Å². The number of cyclic esters (lactones) is 1. The molecule has 0 bridgehead atoms. The fourth-order valence-electron chi connectivity index (χ4n) is 6.55. The van der Waals surface area contributed by atoms with Gasteiger partial charge in [0.25, 0.3) is 0 Å². The molecule has 2 aliphatic carbocycles. The van der Waals surface area contributed by atoms with Crippen molar-refractivity contribution in [1.29, 1.82) is 0 Å². The van der Waals surface area contributed by atoms with Crippen molar-refractivity contribution in [1.82, 2.24) is 0 Å². The Labute approximate surface area is 197 Å². The zero-order valence-electron chi connectivity index (χ0n) is 20.0. The maximum absolute atomic E-state index is 13.2. The van der Waals surface area contributed by atoms with Gasteiger partial charge in [0.15, 0.2) is 6.10 Å². The van der Waals surface area contributed by atoms with Crippen molar-refractivity contribution >= 4 is 23.9 Å². The minimum atomic E-state index is -1.01. The average Bonchev–Trinajstić information content (AvgIpc) is 3.28. The molecule has 2 unspecified atom stereocenters. The van der Waals surface area contributed by atoms with Gasteiger partial charge < -0.3 is 23.4 Å². The van der Waals surface area contributed by atoms with Gasteiger partial charge in [0, 0.05) is 36.3 Å². The number of carbonyl (C=O) groups excluding carboxylic acids is 4. The molecule has 0 amide bonds. The Morgan fingerprint density at radius 1 is 1.12 bits per heavy atom. The number of esters is 4. The number of fused-ring (bicyclic) bond motifs is 3. The van der Waals surface area contributed by atoms with Gasteiger partial charge in [-0.15, -0.1) is 0 Å². The molecule has 0 spiro atoms. The first-order valence-corrected chi connectivity index (χ1v) is 11.4. The van der Waals surface area contributed by atoms with Crippen molar-refractivity contribution in [2.24, 2.45) is 22.7 Å². The van der Waals surface area contributed by atoms with Crippen molar-refractivity contribution in [3.63, 3.8) is 0 Å². The molecule has 1 aromatic rings. The van der Waals surface area contributed by atoms with E-state index in [1.165, 1.54) is 39.6 Å². The Bertz CT molecular complexity index is 1030. The molecule has 0 N–H and O–H groups in total. The predicted octanol–water partition coefficient (Wildman–Crippen LogP) is 3.28. The van der Waals surface area contributed by atoms with E-state index in [0.29, 0.717) is 24.8 Å². The van der Waals surface area contributed by atoms with Gasteiger partial charge in [0.1, 0.15) is 12.2 Å². The van der Waals surface area contributed by atoms with Crippen LogP contribution in [-0.2, 0) is 38.1 Å². The van der Waals surface area contributed by atoms with Gasteiger partial charge in [-0.2, -0.15) is 0 Å². The summed E-state index contributed by atoms with van der Waals surface area (Å²) in [6.07, 6.45) is 3.49. The summed E-state index contributed by atoms with van der Waals surface area (Å²) in [6.45, 7) is 6.43. The maximum atomic E-state index is 13.2. The highest BCUT2D eigenvalue weighted by atomic mass is 16.6. The molecular formula is C25H30O9. The molecule has 34 heavy (non-hydrogen) atoms. The molecule has 2 fully saturated rings. The van der Waals surface area contributed by atoms with Crippen LogP contribution in [0.25, 0.3) is 0 Å². The standard InChI is InChI=1S/C25H30O9/c1-13(26)32-18-10-17(22(28)30-5)24(3)8-6-16-23(29)34-19(15-7-9-31-12-15)11-25(16,4)21(24)20(18)33-14(2)27/h7,9-10,12,16,18-21H,6,8,11H2,1-5H3/t16-,18-,19-,20?,21?,24-,25-/m0/s1. The number of methoxy groups -OCH3 is 1. The lowest BCUT2D eigenvalue weighted by Crippen LogP contribution is -2.63. The first kappa shape index (κ1) is 24.0. The number of ether oxygens (including phenoxy) is 4. The molecule has 7 atom stereocenters. The highest BCUT2D eigenvalue weighted by Crippen LogP contribution is 2.65. The Kier molecular flexibility index (Phi) is 6.08. The van der Waals surface area contributed by atoms with E-state index in [9.17, 15) is 19.2 Å². The van der Waals surface area contributed by atoms with E-state index in [-0.39, 0.29) is 5.97 Å². The van der Waals surface area contributed by atoms with Crippen LogP contribution < -0.4 is 0 Å². The molecule has 4 rings (SSSR count). The van der Waals surface area contributed by atoms with Crippen LogP contribution >= 0.6 is 0 Å². The van der Waals surface area contributed by atoms with E-state index in [1.807, 2.05) is 13.8 Å². The van der Waals surface area contributed by atoms with Crippen molar-refractivity contribution < 1.29 is 42.5 Å². The largest absolute Gasteiger partial charge is 0.472 e. The molecular weight excluding hydrogens is 444 g/mol. The van der Waals surface area contributed by atoms with Crippen molar-refractivity contribution in [2.45, 2.75) is 65.3 Å². The second-order valence-corrected chi connectivity index (χ2v) is 9.90. The second kappa shape index (κ2) is 8.60. The minimum absolute atomic E-state index is 0.346. The van der Waals surface area contributed by atoms with Crippen LogP contribution in [0.4, 0.5) is 0 Å². The highest BCUT2D eigenvalue weighted by Gasteiger charge is 2.66. The molecule has 2 heterocycles. The summed E-state index contributed by atoms with van der Waals surface area (Å²) in [7, 11) is 1.29. The SMILES string of the molecule is COC(=O)C1=C[C@H](OC(C)=O)C(OC(C)=O)C2[C@@]1(C)CC[C@H]1C(=O)O[C@H](c3ccoc3)C[C@]21C. The first-order valence-electron chi connectivity index (χ1n) is 11.4. The normalized spacial score (nSPS) is 36.8. The molecule has 3 aliphatic rings. The van der Waals surface area contributed by atoms with Gasteiger partial charge in [0.05, 0.1) is 25.6 Å². The first-order chi connectivity index (χ1) is 16.0. The monoisotopic (exact) mass is 474 g/mol. The molecule has 184 valence electrons. The quantitative estimate of drug-likeness (QED) is 0.478. The van der Waals surface area contributed by atoms with Gasteiger partial charge in [-0.3, -0.25) is 14.4 Å². The van der Waals surface area contributed by atoms with Crippen LogP contribution in [0.5, 0.6) is 0 Å². The van der Waals surface area contributed by atoms with Crippen LogP contribution in [0, 0.1) is 22.7 Å². The molecule has 1 aromatic heterocycles. The van der Waals surface area contributed by atoms with E-state index >= 15 is 0 Å². The van der Waals surface area contributed by atoms with E-state index < -0.39 is 58.9 Å². The lowest BCUT2D eigenvalue weighted by Gasteiger charge is -2.61. The third-order valence-electron chi connectivity index (χ3n) is 7.84. The molecule has 0 aromatic carbocycles. The molecule has 9 heteroatoms. The number of hydrogen-bond acceptors (Lipinski definition) is 9. The molecule has 1 aliphatic heterocycles. The fourth-order valence-corrected chi connectivity index (χ4v) is 6.55. The summed E-state index contributed by atoms with van der Waals surface area (Å²) in [5.41, 5.74) is -0.474. The Hall–Kier alpha value is -3.10. The smallest absolute Gasteiger partial charge is 0.334 e. The lowest BCUT2D eigenvalue weighted by molar-refractivity contribution is -0.216. The Morgan fingerprint density at radius 2 is 1.82 bits per heavy atom. The summed E-state index contributed by atoms with van der Waals surface area (Å²) in [5, 5.41) is 0. The van der Waals surface area contributed by atoms with Crippen LogP contribution in [0.1, 0.15) is 58.6 Å². The molecule has 0 radical (unpaired) electrons. The van der Waals surface area contributed by atoms with E-state index in [1.54, 1.807) is 6.07 Å². The summed E-state index contributed by atoms with van der Waals surface area (Å²) in [5.74, 6) is -3.03. The number of furan rings is 1. The zero-order chi connectivity index (χ0) is 24.8. The Morgan fingerprint density at radius 3 is 2.41 bits per heavy atom. The molecule has 9 nitrogen and oxygen atoms in total. The van der Waals surface area contributed by atoms with Crippen molar-refractivity contribution in [2.75, 3.05) is 7.11 Å². The number of rotatable bonds is 4.